The van der Waals surface area contributed by atoms with Crippen LogP contribution in [-0.4, -0.2) is 24.0 Å². The molecule has 0 saturated heterocycles. The molecule has 0 atom stereocenters. The van der Waals surface area contributed by atoms with Gasteiger partial charge in [0.1, 0.15) is 12.8 Å². The van der Waals surface area contributed by atoms with Crippen molar-refractivity contribution in [1.82, 2.24) is 0 Å². The van der Waals surface area contributed by atoms with E-state index in [-0.39, 0.29) is 24.9 Å². The highest BCUT2D eigenvalue weighted by molar-refractivity contribution is 5.85. The lowest BCUT2D eigenvalue weighted by molar-refractivity contribution is -0.199. The minimum absolute atomic E-state index is 0.227. The van der Waals surface area contributed by atoms with Crippen LogP contribution in [-0.2, 0) is 9.59 Å². The van der Waals surface area contributed by atoms with Gasteiger partial charge in [0.15, 0.2) is 0 Å². The van der Waals surface area contributed by atoms with E-state index in [0.29, 0.717) is 0 Å². The number of hydrogen-bond acceptors (Lipinski definition) is 6. The van der Waals surface area contributed by atoms with E-state index in [2.05, 4.69) is 50.2 Å². The molecule has 0 aromatic rings. The molecule has 0 aromatic carbocycles. The predicted molar refractivity (Wildman–Crippen MR) is 49.5 cm³/mol. The summed E-state index contributed by atoms with van der Waals surface area (Å²) in [6.45, 7) is 0. The van der Waals surface area contributed by atoms with Crippen molar-refractivity contribution in [3.8, 4) is 0 Å². The van der Waals surface area contributed by atoms with Gasteiger partial charge in [0.05, 0.1) is 0 Å². The number of carbonyl (C=O) groups is 2. The summed E-state index contributed by atoms with van der Waals surface area (Å²) < 4.78 is 9.18. The van der Waals surface area contributed by atoms with Crippen molar-refractivity contribution < 1.29 is 18.4 Å². The molecule has 0 unspecified atom stereocenters. The maximum atomic E-state index is 11.2. The zero-order chi connectivity index (χ0) is 12.8. The zero-order valence-corrected chi connectivity index (χ0v) is 8.62. The molecule has 0 spiro atoms. The van der Waals surface area contributed by atoms with Crippen molar-refractivity contribution in [3.63, 3.8) is 0 Å². The third-order valence-corrected chi connectivity index (χ3v) is 1.54. The Bertz CT molecular complexity index is 478. The van der Waals surface area contributed by atoms with Gasteiger partial charge < -0.3 is 0 Å². The number of nitrogens with zero attached hydrogens (tertiary/aromatic N) is 8. The molecule has 12 nitrogen and oxygen atoms in total. The summed E-state index contributed by atoms with van der Waals surface area (Å²) in [6, 6.07) is -0.553. The first-order chi connectivity index (χ1) is 8.74. The summed E-state index contributed by atoms with van der Waals surface area (Å²) in [7, 11) is 0. The number of carbonyl (C=O) groups excluding carboxylic acids is 4. The Kier molecular flexibility index (Phi) is 3.48. The molecule has 90 valence electrons. The van der Waals surface area contributed by atoms with Gasteiger partial charge in [-0.05, 0) is 41.4 Å². The van der Waals surface area contributed by atoms with Crippen LogP contribution in [0.2, 0.25) is 0 Å². The van der Waals surface area contributed by atoms with Gasteiger partial charge in [0.2, 0.25) is 0 Å². The molecular weight excluding hydrogens is 248 g/mol. The van der Waals surface area contributed by atoms with Crippen molar-refractivity contribution in [3.05, 3.63) is 0 Å². The zero-order valence-electron chi connectivity index (χ0n) is 8.62. The van der Waals surface area contributed by atoms with Crippen LogP contribution in [0.25, 0.3) is 0 Å². The van der Waals surface area contributed by atoms with E-state index in [4.69, 9.17) is 0 Å². The second-order valence-corrected chi connectivity index (χ2v) is 2.77. The van der Waals surface area contributed by atoms with Gasteiger partial charge in [-0.3, -0.25) is 0 Å². The lowest BCUT2D eigenvalue weighted by Crippen LogP contribution is -1.99. The molecule has 2 heterocycles. The molecule has 2 aliphatic heterocycles. The molecule has 2 aliphatic rings. The number of rotatable bonds is 3. The van der Waals surface area contributed by atoms with Crippen LogP contribution in [0.1, 0.15) is 12.8 Å². The molecule has 0 bridgehead atoms. The highest BCUT2D eigenvalue weighted by Gasteiger charge is 2.27. The molecule has 0 aliphatic carbocycles. The Hall–Kier alpha value is -2.92. The number of hydrogen-bond donors (Lipinski definition) is 0. The second kappa shape index (κ2) is 5.42. The topological polar surface area (TPSA) is 156 Å². The molecule has 18 heavy (non-hydrogen) atoms. The summed E-state index contributed by atoms with van der Waals surface area (Å²) in [5.74, 6) is -1.44. The Morgan fingerprint density at radius 1 is 0.722 bits per heavy atom. The van der Waals surface area contributed by atoms with Crippen molar-refractivity contribution in [2.75, 3.05) is 0 Å². The minimum Gasteiger partial charge on any atom is -0.228 e. The van der Waals surface area contributed by atoms with Gasteiger partial charge >= 0.3 is 24.0 Å². The average Bonchev–Trinajstić information content (AvgIpc) is 2.99. The molecule has 0 saturated carbocycles. The standard InChI is InChI=1S/C6H4N8O4/c15-3(17-5-7-11-12-8-5)1-2-4(16)18-6-9-13-14-10-6/h1-2H2/q+2. The van der Waals surface area contributed by atoms with Crippen molar-refractivity contribution >= 4 is 24.0 Å². The average molecular weight is 252 g/mol. The highest BCUT2D eigenvalue weighted by Crippen LogP contribution is 2.08. The van der Waals surface area contributed by atoms with Gasteiger partial charge in [-0.1, -0.05) is 0 Å². The van der Waals surface area contributed by atoms with E-state index in [1.54, 1.807) is 0 Å². The third kappa shape index (κ3) is 3.29. The second-order valence-electron chi connectivity index (χ2n) is 2.77. The van der Waals surface area contributed by atoms with Crippen molar-refractivity contribution in [2.45, 2.75) is 12.8 Å². The normalized spacial score (nSPS) is 15.6. The van der Waals surface area contributed by atoms with E-state index >= 15 is 0 Å². The summed E-state index contributed by atoms with van der Waals surface area (Å²) in [6.07, 6.45) is -0.454. The van der Waals surface area contributed by atoms with Crippen LogP contribution in [0.15, 0.2) is 41.4 Å². The fourth-order valence-corrected chi connectivity index (χ4v) is 0.865. The molecule has 0 N–H and O–H groups in total. The fourth-order valence-electron chi connectivity index (χ4n) is 0.865. The van der Waals surface area contributed by atoms with Crippen LogP contribution in [0.5, 0.6) is 0 Å². The largest absolute Gasteiger partial charge is 0.584 e. The lowest BCUT2D eigenvalue weighted by Gasteiger charge is -1.77. The van der Waals surface area contributed by atoms with Crippen LogP contribution < -0.4 is 0 Å². The first kappa shape index (κ1) is 11.6. The van der Waals surface area contributed by atoms with Crippen LogP contribution >= 0.6 is 0 Å². The fraction of sp³-hybridized carbons (Fsp3) is 0.333. The van der Waals surface area contributed by atoms with Crippen LogP contribution in [0, 0.1) is 0 Å². The van der Waals surface area contributed by atoms with E-state index < -0.39 is 11.9 Å². The molecule has 12 heteroatoms. The van der Waals surface area contributed by atoms with E-state index in [9.17, 15) is 9.59 Å². The van der Waals surface area contributed by atoms with E-state index in [1.165, 1.54) is 0 Å². The summed E-state index contributed by atoms with van der Waals surface area (Å²) in [4.78, 5) is 22.4. The Balaban J connectivity index is 1.81. The molecule has 4 amide bonds. The predicted octanol–water partition coefficient (Wildman–Crippen LogP) is 1.80. The number of urea groups is 2. The molecule has 2 rings (SSSR count). The van der Waals surface area contributed by atoms with Gasteiger partial charge in [0.25, 0.3) is 0 Å². The first-order valence-corrected chi connectivity index (χ1v) is 4.53. The van der Waals surface area contributed by atoms with Gasteiger partial charge in [0, 0.05) is 9.59 Å². The smallest absolute Gasteiger partial charge is 0.228 e. The summed E-state index contributed by atoms with van der Waals surface area (Å²) >= 11 is 0. The quantitative estimate of drug-likeness (QED) is 0.701. The first-order valence-electron chi connectivity index (χ1n) is 4.53. The molecular formula is C6H4N8O4+2. The SMILES string of the molecule is O=C(CCC(=O)[O+]=C1N=NN=N1)[O+]=C1N=NN=N1. The van der Waals surface area contributed by atoms with Crippen LogP contribution in [0.4, 0.5) is 8.85 Å². The van der Waals surface area contributed by atoms with Crippen LogP contribution in [0.3, 0.4) is 0 Å². The maximum Gasteiger partial charge on any atom is 0.584 e. The third-order valence-electron chi connectivity index (χ3n) is 1.54. The van der Waals surface area contributed by atoms with Gasteiger partial charge in [-0.25, -0.2) is 8.85 Å². The minimum atomic E-state index is -0.721. The number of amides is 4. The Labute approximate surface area is 97.6 Å². The summed E-state index contributed by atoms with van der Waals surface area (Å²) in [5.41, 5.74) is 0. The lowest BCUT2D eigenvalue weighted by atomic mass is 10.3. The van der Waals surface area contributed by atoms with Gasteiger partial charge in [-0.2, -0.15) is 0 Å². The molecule has 0 aromatic heterocycles. The van der Waals surface area contributed by atoms with E-state index in [1.807, 2.05) is 0 Å². The Morgan fingerprint density at radius 2 is 1.06 bits per heavy atom. The van der Waals surface area contributed by atoms with Crippen molar-refractivity contribution in [1.29, 1.82) is 0 Å². The highest BCUT2D eigenvalue weighted by atomic mass is 16.5. The molecule has 0 radical (unpaired) electrons. The monoisotopic (exact) mass is 252 g/mol. The van der Waals surface area contributed by atoms with E-state index in [0.717, 1.165) is 0 Å². The summed E-state index contributed by atoms with van der Waals surface area (Å²) in [5, 5.41) is 25.5. The molecule has 0 fully saturated rings. The Morgan fingerprint density at radius 3 is 1.39 bits per heavy atom. The van der Waals surface area contributed by atoms with Gasteiger partial charge in [-0.15, -0.1) is 0 Å². The maximum absolute atomic E-state index is 11.2. The van der Waals surface area contributed by atoms with Crippen molar-refractivity contribution in [2.24, 2.45) is 41.4 Å².